The van der Waals surface area contributed by atoms with Gasteiger partial charge in [0.05, 0.1) is 19.1 Å². The van der Waals surface area contributed by atoms with Crippen molar-refractivity contribution in [2.24, 2.45) is 0 Å². The van der Waals surface area contributed by atoms with E-state index in [2.05, 4.69) is 0 Å². The van der Waals surface area contributed by atoms with Crippen LogP contribution in [0, 0.1) is 0 Å². The Morgan fingerprint density at radius 3 is 2.00 bits per heavy atom. The second kappa shape index (κ2) is 7.47. The van der Waals surface area contributed by atoms with Gasteiger partial charge in [0.1, 0.15) is 0 Å². The largest absolute Gasteiger partial charge is 0.501 e. The van der Waals surface area contributed by atoms with Crippen LogP contribution in [0.15, 0.2) is 47.4 Å². The second-order valence-electron chi connectivity index (χ2n) is 5.38. The second-order valence-corrected chi connectivity index (χ2v) is 7.32. The first kappa shape index (κ1) is 20.6. The monoisotopic (exact) mass is 403 g/mol. The lowest BCUT2D eigenvalue weighted by molar-refractivity contribution is -0.0436. The van der Waals surface area contributed by atoms with Crippen molar-refractivity contribution in [2.75, 3.05) is 26.2 Å². The van der Waals surface area contributed by atoms with E-state index in [9.17, 15) is 26.4 Å². The molecule has 1 amide bonds. The zero-order valence-electron chi connectivity index (χ0n) is 14.6. The molecule has 0 fully saturated rings. The Labute approximate surface area is 154 Å². The summed E-state index contributed by atoms with van der Waals surface area (Å²) >= 11 is 0. The summed E-state index contributed by atoms with van der Waals surface area (Å²) < 4.78 is 70.8. The first-order valence-electron chi connectivity index (χ1n) is 7.44. The number of methoxy groups -OCH3 is 2. The zero-order chi connectivity index (χ0) is 20.4. The topological polar surface area (TPSA) is 72.9 Å². The van der Waals surface area contributed by atoms with Gasteiger partial charge in [-0.2, -0.15) is 13.2 Å². The molecule has 2 rings (SSSR count). The van der Waals surface area contributed by atoms with Crippen LogP contribution in [-0.2, 0) is 9.84 Å². The number of sulfone groups is 1. The summed E-state index contributed by atoms with van der Waals surface area (Å²) in [7, 11) is -1.11. The first-order chi connectivity index (χ1) is 12.5. The number of nitrogens with zero attached hydrogens (tertiary/aromatic N) is 1. The van der Waals surface area contributed by atoms with Crippen molar-refractivity contribution >= 4 is 21.4 Å². The molecule has 0 atom stereocenters. The smallest absolute Gasteiger partial charge is 0.493 e. The van der Waals surface area contributed by atoms with E-state index >= 15 is 0 Å². The average Bonchev–Trinajstić information content (AvgIpc) is 2.65. The minimum Gasteiger partial charge on any atom is -0.493 e. The maximum atomic E-state index is 12.6. The van der Waals surface area contributed by atoms with E-state index in [1.807, 2.05) is 0 Å². The number of anilines is 1. The minimum atomic E-state index is -5.46. The lowest BCUT2D eigenvalue weighted by Crippen LogP contribution is -2.26. The van der Waals surface area contributed by atoms with Gasteiger partial charge in [-0.15, -0.1) is 0 Å². The molecule has 27 heavy (non-hydrogen) atoms. The maximum absolute atomic E-state index is 12.6. The van der Waals surface area contributed by atoms with E-state index in [4.69, 9.17) is 9.47 Å². The summed E-state index contributed by atoms with van der Waals surface area (Å²) in [4.78, 5) is 12.9. The third kappa shape index (κ3) is 4.00. The molecule has 2 aromatic carbocycles. The highest BCUT2D eigenvalue weighted by Crippen LogP contribution is 2.32. The number of rotatable bonds is 5. The van der Waals surface area contributed by atoms with Crippen LogP contribution in [0.3, 0.4) is 0 Å². The van der Waals surface area contributed by atoms with Crippen molar-refractivity contribution in [1.82, 2.24) is 0 Å². The van der Waals surface area contributed by atoms with Crippen molar-refractivity contribution < 1.29 is 35.9 Å². The van der Waals surface area contributed by atoms with Crippen LogP contribution in [0.4, 0.5) is 18.9 Å². The predicted molar refractivity (Wildman–Crippen MR) is 92.0 cm³/mol. The number of carbonyl (C=O) groups is 1. The highest BCUT2D eigenvalue weighted by molar-refractivity contribution is 7.92. The standard InChI is InChI=1S/C17H16F3NO5S/c1-21(12-6-9-14(25-2)15(10-12)26-3)16(22)11-4-7-13(8-5-11)27(23,24)17(18,19)20/h4-10H,1-3H3. The van der Waals surface area contributed by atoms with Crippen LogP contribution >= 0.6 is 0 Å². The van der Waals surface area contributed by atoms with Gasteiger partial charge < -0.3 is 14.4 Å². The van der Waals surface area contributed by atoms with Gasteiger partial charge in [-0.3, -0.25) is 4.79 Å². The quantitative estimate of drug-likeness (QED) is 0.766. The van der Waals surface area contributed by atoms with Crippen molar-refractivity contribution in [3.05, 3.63) is 48.0 Å². The molecule has 0 unspecified atom stereocenters. The molecule has 0 N–H and O–H groups in total. The summed E-state index contributed by atoms with van der Waals surface area (Å²) in [6, 6.07) is 8.30. The minimum absolute atomic E-state index is 0.0217. The molecular weight excluding hydrogens is 387 g/mol. The number of hydrogen-bond donors (Lipinski definition) is 0. The number of carbonyl (C=O) groups excluding carboxylic acids is 1. The number of benzene rings is 2. The van der Waals surface area contributed by atoms with E-state index in [0.717, 1.165) is 24.3 Å². The molecule has 0 saturated carbocycles. The van der Waals surface area contributed by atoms with Gasteiger partial charge in [0, 0.05) is 24.4 Å². The highest BCUT2D eigenvalue weighted by Gasteiger charge is 2.46. The van der Waals surface area contributed by atoms with Crippen molar-refractivity contribution in [3.8, 4) is 11.5 Å². The number of ether oxygens (including phenoxy) is 2. The van der Waals surface area contributed by atoms with Crippen LogP contribution in [0.25, 0.3) is 0 Å². The Hall–Kier alpha value is -2.75. The number of amides is 1. The maximum Gasteiger partial charge on any atom is 0.501 e. The highest BCUT2D eigenvalue weighted by atomic mass is 32.2. The third-order valence-corrected chi connectivity index (χ3v) is 5.28. The SMILES string of the molecule is COc1ccc(N(C)C(=O)c2ccc(S(=O)(=O)C(F)(F)F)cc2)cc1OC. The molecule has 0 aliphatic heterocycles. The van der Waals surface area contributed by atoms with E-state index in [0.29, 0.717) is 17.2 Å². The Balaban J connectivity index is 2.30. The third-order valence-electron chi connectivity index (χ3n) is 3.78. The molecule has 146 valence electrons. The van der Waals surface area contributed by atoms with Crippen LogP contribution in [0.5, 0.6) is 11.5 Å². The van der Waals surface area contributed by atoms with Gasteiger partial charge in [-0.25, -0.2) is 8.42 Å². The van der Waals surface area contributed by atoms with Crippen molar-refractivity contribution in [1.29, 1.82) is 0 Å². The lowest BCUT2D eigenvalue weighted by Gasteiger charge is -2.19. The molecule has 0 saturated heterocycles. The Morgan fingerprint density at radius 1 is 0.963 bits per heavy atom. The summed E-state index contributed by atoms with van der Waals surface area (Å²) in [5.41, 5.74) is -4.94. The molecule has 0 aliphatic carbocycles. The number of hydrogen-bond acceptors (Lipinski definition) is 5. The number of halogens is 3. The van der Waals surface area contributed by atoms with Crippen LogP contribution in [-0.4, -0.2) is 41.1 Å². The van der Waals surface area contributed by atoms with E-state index in [-0.39, 0.29) is 5.56 Å². The average molecular weight is 403 g/mol. The molecule has 10 heteroatoms. The molecule has 2 aromatic rings. The van der Waals surface area contributed by atoms with Crippen LogP contribution in [0.1, 0.15) is 10.4 Å². The van der Waals surface area contributed by atoms with Gasteiger partial charge in [0.25, 0.3) is 15.7 Å². The summed E-state index contributed by atoms with van der Waals surface area (Å²) in [6.07, 6.45) is 0. The van der Waals surface area contributed by atoms with Gasteiger partial charge in [-0.1, -0.05) is 0 Å². The van der Waals surface area contributed by atoms with Gasteiger partial charge in [0.15, 0.2) is 11.5 Å². The summed E-state index contributed by atoms with van der Waals surface area (Å²) in [5, 5.41) is 0. The van der Waals surface area contributed by atoms with Crippen LogP contribution < -0.4 is 14.4 Å². The fourth-order valence-electron chi connectivity index (χ4n) is 2.25. The van der Waals surface area contributed by atoms with Crippen molar-refractivity contribution in [2.45, 2.75) is 10.4 Å². The lowest BCUT2D eigenvalue weighted by atomic mass is 10.2. The normalized spacial score (nSPS) is 11.8. The van der Waals surface area contributed by atoms with E-state index in [1.54, 1.807) is 18.2 Å². The van der Waals surface area contributed by atoms with Gasteiger partial charge in [0.2, 0.25) is 0 Å². The fourth-order valence-corrected chi connectivity index (χ4v) is 3.02. The zero-order valence-corrected chi connectivity index (χ0v) is 15.4. The molecule has 0 aromatic heterocycles. The summed E-state index contributed by atoms with van der Waals surface area (Å²) in [5.74, 6) is 0.309. The molecule has 6 nitrogen and oxygen atoms in total. The number of alkyl halides is 3. The van der Waals surface area contributed by atoms with E-state index in [1.165, 1.54) is 26.2 Å². The van der Waals surface area contributed by atoms with E-state index < -0.39 is 26.1 Å². The predicted octanol–water partition coefficient (Wildman–Crippen LogP) is 3.27. The van der Waals surface area contributed by atoms with Crippen LogP contribution in [0.2, 0.25) is 0 Å². The van der Waals surface area contributed by atoms with Gasteiger partial charge >= 0.3 is 5.51 Å². The molecule has 0 radical (unpaired) electrons. The van der Waals surface area contributed by atoms with Crippen molar-refractivity contribution in [3.63, 3.8) is 0 Å². The Morgan fingerprint density at radius 2 is 1.52 bits per heavy atom. The molecule has 0 spiro atoms. The fraction of sp³-hybridized carbons (Fsp3) is 0.235. The Bertz CT molecular complexity index is 940. The van der Waals surface area contributed by atoms with Gasteiger partial charge in [-0.05, 0) is 36.4 Å². The summed E-state index contributed by atoms with van der Waals surface area (Å²) in [6.45, 7) is 0. The molecule has 0 heterocycles. The molecule has 0 aliphatic rings. The first-order valence-corrected chi connectivity index (χ1v) is 8.92. The Kier molecular flexibility index (Phi) is 5.69. The molecular formula is C17H16F3NO5S. The molecule has 0 bridgehead atoms.